The second-order valence-electron chi connectivity index (χ2n) is 6.11. The summed E-state index contributed by atoms with van der Waals surface area (Å²) in [5.74, 6) is 0.542. The SMILES string of the molecule is COc1cccc(CNC2CCCN(c3ccc(OC(F)F)cc3)C2=O)n1. The van der Waals surface area contributed by atoms with E-state index < -0.39 is 6.61 Å². The maximum atomic E-state index is 12.8. The molecular weight excluding hydrogens is 356 g/mol. The van der Waals surface area contributed by atoms with Crippen LogP contribution in [0.3, 0.4) is 0 Å². The number of halogens is 2. The number of carbonyl (C=O) groups excluding carboxylic acids is 1. The number of amides is 1. The first-order valence-electron chi connectivity index (χ1n) is 8.66. The number of piperidine rings is 1. The van der Waals surface area contributed by atoms with Crippen LogP contribution in [0.1, 0.15) is 18.5 Å². The third kappa shape index (κ3) is 4.91. The lowest BCUT2D eigenvalue weighted by atomic mass is 10.0. The number of alkyl halides is 2. The number of benzene rings is 1. The van der Waals surface area contributed by atoms with Gasteiger partial charge in [0.15, 0.2) is 0 Å². The number of hydrogen-bond acceptors (Lipinski definition) is 5. The molecule has 1 amide bonds. The molecule has 1 N–H and O–H groups in total. The molecule has 144 valence electrons. The van der Waals surface area contributed by atoms with Gasteiger partial charge >= 0.3 is 6.61 Å². The van der Waals surface area contributed by atoms with Crippen LogP contribution in [-0.2, 0) is 11.3 Å². The number of aromatic nitrogens is 1. The predicted molar refractivity (Wildman–Crippen MR) is 96.1 cm³/mol. The van der Waals surface area contributed by atoms with Gasteiger partial charge in [0.1, 0.15) is 5.75 Å². The van der Waals surface area contributed by atoms with Crippen molar-refractivity contribution in [2.24, 2.45) is 0 Å². The molecule has 0 radical (unpaired) electrons. The zero-order valence-electron chi connectivity index (χ0n) is 14.9. The Balaban J connectivity index is 1.63. The number of rotatable bonds is 7. The average Bonchev–Trinajstić information content (AvgIpc) is 2.68. The summed E-state index contributed by atoms with van der Waals surface area (Å²) in [6.45, 7) is -1.84. The van der Waals surface area contributed by atoms with Gasteiger partial charge in [0.2, 0.25) is 11.8 Å². The predicted octanol–water partition coefficient (Wildman–Crippen LogP) is 2.98. The highest BCUT2D eigenvalue weighted by Gasteiger charge is 2.29. The van der Waals surface area contributed by atoms with Crippen molar-refractivity contribution in [3.05, 3.63) is 48.2 Å². The van der Waals surface area contributed by atoms with Crippen molar-refractivity contribution in [2.45, 2.75) is 32.0 Å². The summed E-state index contributed by atoms with van der Waals surface area (Å²) in [5, 5.41) is 3.24. The van der Waals surface area contributed by atoms with E-state index in [-0.39, 0.29) is 17.7 Å². The molecule has 1 aliphatic rings. The highest BCUT2D eigenvalue weighted by molar-refractivity contribution is 5.97. The Morgan fingerprint density at radius 3 is 2.74 bits per heavy atom. The fourth-order valence-electron chi connectivity index (χ4n) is 3.03. The monoisotopic (exact) mass is 377 g/mol. The van der Waals surface area contributed by atoms with E-state index in [1.54, 1.807) is 30.2 Å². The zero-order valence-corrected chi connectivity index (χ0v) is 14.9. The average molecular weight is 377 g/mol. The molecule has 8 heteroatoms. The fourth-order valence-corrected chi connectivity index (χ4v) is 3.03. The summed E-state index contributed by atoms with van der Waals surface area (Å²) in [7, 11) is 1.56. The maximum absolute atomic E-state index is 12.8. The summed E-state index contributed by atoms with van der Waals surface area (Å²) >= 11 is 0. The van der Waals surface area contributed by atoms with E-state index >= 15 is 0 Å². The molecule has 1 unspecified atom stereocenters. The highest BCUT2D eigenvalue weighted by atomic mass is 19.3. The summed E-state index contributed by atoms with van der Waals surface area (Å²) in [4.78, 5) is 18.8. The molecule has 3 rings (SSSR count). The third-order valence-corrected chi connectivity index (χ3v) is 4.33. The normalized spacial score (nSPS) is 17.3. The Bertz CT molecular complexity index is 771. The Hall–Kier alpha value is -2.74. The Morgan fingerprint density at radius 1 is 1.26 bits per heavy atom. The summed E-state index contributed by atoms with van der Waals surface area (Å²) in [6, 6.07) is 11.2. The first-order valence-corrected chi connectivity index (χ1v) is 8.66. The van der Waals surface area contributed by atoms with Crippen LogP contribution in [-0.4, -0.2) is 37.2 Å². The standard InChI is InChI=1S/C19H21F2N3O3/c1-26-17-6-2-4-13(23-17)12-22-16-5-3-11-24(18(16)25)14-7-9-15(10-8-14)27-19(20)21/h2,4,6-10,16,19,22H,3,5,11-12H2,1H3. The van der Waals surface area contributed by atoms with Crippen molar-refractivity contribution in [1.82, 2.24) is 10.3 Å². The lowest BCUT2D eigenvalue weighted by Gasteiger charge is -2.32. The third-order valence-electron chi connectivity index (χ3n) is 4.33. The number of carbonyl (C=O) groups is 1. The van der Waals surface area contributed by atoms with Crippen LogP contribution in [0, 0.1) is 0 Å². The second-order valence-corrected chi connectivity index (χ2v) is 6.11. The van der Waals surface area contributed by atoms with Gasteiger partial charge in [0.25, 0.3) is 0 Å². The molecule has 1 fully saturated rings. The molecule has 0 aliphatic carbocycles. The van der Waals surface area contributed by atoms with Crippen molar-refractivity contribution in [1.29, 1.82) is 0 Å². The first-order chi connectivity index (χ1) is 13.1. The van der Waals surface area contributed by atoms with E-state index in [0.29, 0.717) is 24.7 Å². The molecule has 1 aromatic carbocycles. The minimum absolute atomic E-state index is 0.0494. The first kappa shape index (κ1) is 19.0. The molecule has 0 saturated carbocycles. The van der Waals surface area contributed by atoms with Crippen LogP contribution in [0.5, 0.6) is 11.6 Å². The number of ether oxygens (including phenoxy) is 2. The molecular formula is C19H21F2N3O3. The minimum atomic E-state index is -2.87. The number of nitrogens with zero attached hydrogens (tertiary/aromatic N) is 2. The van der Waals surface area contributed by atoms with Crippen LogP contribution in [0.2, 0.25) is 0 Å². The van der Waals surface area contributed by atoms with Crippen LogP contribution < -0.4 is 19.7 Å². The molecule has 2 aromatic rings. The van der Waals surface area contributed by atoms with Gasteiger partial charge < -0.3 is 19.7 Å². The molecule has 27 heavy (non-hydrogen) atoms. The van der Waals surface area contributed by atoms with Gasteiger partial charge in [-0.05, 0) is 43.2 Å². The summed E-state index contributed by atoms with van der Waals surface area (Å²) in [5.41, 5.74) is 1.44. The summed E-state index contributed by atoms with van der Waals surface area (Å²) in [6.07, 6.45) is 1.57. The molecule has 1 aliphatic heterocycles. The van der Waals surface area contributed by atoms with Gasteiger partial charge in [-0.1, -0.05) is 6.07 Å². The van der Waals surface area contributed by atoms with Crippen LogP contribution in [0.4, 0.5) is 14.5 Å². The Morgan fingerprint density at radius 2 is 2.04 bits per heavy atom. The van der Waals surface area contributed by atoms with Gasteiger partial charge in [-0.15, -0.1) is 0 Å². The molecule has 2 heterocycles. The van der Waals surface area contributed by atoms with Crippen molar-refractivity contribution in [3.63, 3.8) is 0 Å². The lowest BCUT2D eigenvalue weighted by Crippen LogP contribution is -2.50. The number of nitrogens with one attached hydrogen (secondary N) is 1. The topological polar surface area (TPSA) is 63.7 Å². The zero-order chi connectivity index (χ0) is 19.2. The molecule has 6 nitrogen and oxygen atoms in total. The van der Waals surface area contributed by atoms with Crippen molar-refractivity contribution in [3.8, 4) is 11.6 Å². The molecule has 0 bridgehead atoms. The molecule has 1 atom stereocenters. The Kier molecular flexibility index (Phi) is 6.18. The van der Waals surface area contributed by atoms with Gasteiger partial charge in [-0.25, -0.2) is 4.98 Å². The molecule has 1 saturated heterocycles. The van der Waals surface area contributed by atoms with Crippen LogP contribution in [0.15, 0.2) is 42.5 Å². The minimum Gasteiger partial charge on any atom is -0.481 e. The van der Waals surface area contributed by atoms with Gasteiger partial charge in [-0.2, -0.15) is 8.78 Å². The number of pyridine rings is 1. The van der Waals surface area contributed by atoms with Crippen molar-refractivity contribution < 1.29 is 23.0 Å². The van der Waals surface area contributed by atoms with Crippen LogP contribution >= 0.6 is 0 Å². The molecule has 1 aromatic heterocycles. The Labute approximate surface area is 156 Å². The van der Waals surface area contributed by atoms with E-state index in [1.807, 2.05) is 12.1 Å². The number of methoxy groups -OCH3 is 1. The van der Waals surface area contributed by atoms with Gasteiger partial charge in [0, 0.05) is 24.8 Å². The van der Waals surface area contributed by atoms with Crippen LogP contribution in [0.25, 0.3) is 0 Å². The quantitative estimate of drug-likeness (QED) is 0.804. The fraction of sp³-hybridized carbons (Fsp3) is 0.368. The van der Waals surface area contributed by atoms with Crippen molar-refractivity contribution in [2.75, 3.05) is 18.6 Å². The van der Waals surface area contributed by atoms with Crippen molar-refractivity contribution >= 4 is 11.6 Å². The smallest absolute Gasteiger partial charge is 0.387 e. The highest BCUT2D eigenvalue weighted by Crippen LogP contribution is 2.24. The van der Waals surface area contributed by atoms with E-state index in [9.17, 15) is 13.6 Å². The molecule has 0 spiro atoms. The number of anilines is 1. The van der Waals surface area contributed by atoms with Gasteiger partial charge in [-0.3, -0.25) is 4.79 Å². The number of hydrogen-bond donors (Lipinski definition) is 1. The largest absolute Gasteiger partial charge is 0.481 e. The lowest BCUT2D eigenvalue weighted by molar-refractivity contribution is -0.121. The van der Waals surface area contributed by atoms with E-state index in [2.05, 4.69) is 15.0 Å². The summed E-state index contributed by atoms with van der Waals surface area (Å²) < 4.78 is 34.0. The van der Waals surface area contributed by atoms with E-state index in [0.717, 1.165) is 18.5 Å². The van der Waals surface area contributed by atoms with E-state index in [4.69, 9.17) is 4.74 Å². The maximum Gasteiger partial charge on any atom is 0.387 e. The van der Waals surface area contributed by atoms with Gasteiger partial charge in [0.05, 0.1) is 18.8 Å². The van der Waals surface area contributed by atoms with E-state index in [1.165, 1.54) is 12.1 Å². The second kappa shape index (κ2) is 8.77.